The van der Waals surface area contributed by atoms with Crippen molar-refractivity contribution in [3.8, 4) is 0 Å². The third-order valence-electron chi connectivity index (χ3n) is 9.24. The topological polar surface area (TPSA) is 112 Å². The van der Waals surface area contributed by atoms with E-state index >= 15 is 0 Å². The number of ether oxygens (including phenoxy) is 2. The molecule has 5 rings (SSSR count). The van der Waals surface area contributed by atoms with Gasteiger partial charge in [-0.25, -0.2) is 0 Å². The zero-order chi connectivity index (χ0) is 32.8. The van der Waals surface area contributed by atoms with Crippen molar-refractivity contribution in [2.75, 3.05) is 53.0 Å². The number of piperidine rings is 1. The Balaban J connectivity index is 0.000000209. The fourth-order valence-electron chi connectivity index (χ4n) is 6.63. The van der Waals surface area contributed by atoms with E-state index in [9.17, 15) is 15.0 Å². The number of hydrogen-bond donors (Lipinski definition) is 5. The fourth-order valence-corrected chi connectivity index (χ4v) is 7.81. The summed E-state index contributed by atoms with van der Waals surface area (Å²) in [6.07, 6.45) is 6.23. The number of carbonyl (C=O) groups excluding carboxylic acids is 1. The fraction of sp³-hybridized carbons (Fsp3) is 0.583. The Hall–Kier alpha value is -2.08. The van der Waals surface area contributed by atoms with Crippen molar-refractivity contribution < 1.29 is 24.5 Å². The maximum atomic E-state index is 11.6. The van der Waals surface area contributed by atoms with Gasteiger partial charge in [-0.05, 0) is 86.0 Å². The van der Waals surface area contributed by atoms with Gasteiger partial charge in [-0.3, -0.25) is 4.79 Å². The van der Waals surface area contributed by atoms with Gasteiger partial charge in [0.1, 0.15) is 11.7 Å². The van der Waals surface area contributed by atoms with E-state index in [1.165, 1.54) is 5.39 Å². The molecule has 2 aliphatic heterocycles. The lowest BCUT2D eigenvalue weighted by atomic mass is 9.74. The Labute approximate surface area is 283 Å². The minimum atomic E-state index is -0.967. The van der Waals surface area contributed by atoms with Crippen molar-refractivity contribution in [1.82, 2.24) is 16.0 Å². The van der Waals surface area contributed by atoms with Crippen molar-refractivity contribution in [3.05, 3.63) is 70.1 Å². The number of thiophene rings is 1. The Morgan fingerprint density at radius 3 is 2.59 bits per heavy atom. The zero-order valence-corrected chi connectivity index (χ0v) is 28.9. The van der Waals surface area contributed by atoms with Gasteiger partial charge in [-0.1, -0.05) is 48.9 Å². The Kier molecular flexibility index (Phi) is 14.7. The van der Waals surface area contributed by atoms with E-state index in [1.807, 2.05) is 43.3 Å². The van der Waals surface area contributed by atoms with Crippen LogP contribution in [0.2, 0.25) is 5.02 Å². The third-order valence-corrected chi connectivity index (χ3v) is 10.4. The highest BCUT2D eigenvalue weighted by Crippen LogP contribution is 2.40. The highest BCUT2D eigenvalue weighted by molar-refractivity contribution is 7.17. The number of morpholine rings is 1. The van der Waals surface area contributed by atoms with E-state index in [0.717, 1.165) is 74.2 Å². The summed E-state index contributed by atoms with van der Waals surface area (Å²) < 4.78 is 12.2. The first-order chi connectivity index (χ1) is 22.3. The molecule has 2 saturated heterocycles. The summed E-state index contributed by atoms with van der Waals surface area (Å²) in [5.41, 5.74) is -0.00234. The molecule has 46 heavy (non-hydrogen) atoms. The van der Waals surface area contributed by atoms with E-state index in [2.05, 4.69) is 33.5 Å². The van der Waals surface area contributed by atoms with Gasteiger partial charge in [0, 0.05) is 67.5 Å². The molecule has 0 radical (unpaired) electrons. The monoisotopic (exact) mass is 673 g/mol. The van der Waals surface area contributed by atoms with Crippen molar-refractivity contribution in [1.29, 1.82) is 0 Å². The molecule has 0 aliphatic carbocycles. The largest absolute Gasteiger partial charge is 0.385 e. The van der Waals surface area contributed by atoms with E-state index in [4.69, 9.17) is 21.1 Å². The van der Waals surface area contributed by atoms with E-state index < -0.39 is 11.2 Å². The summed E-state index contributed by atoms with van der Waals surface area (Å²) in [5, 5.41) is 36.6. The van der Waals surface area contributed by atoms with Gasteiger partial charge in [-0.2, -0.15) is 0 Å². The second-order valence-corrected chi connectivity index (χ2v) is 13.7. The van der Waals surface area contributed by atoms with Crippen molar-refractivity contribution in [2.45, 2.75) is 75.6 Å². The van der Waals surface area contributed by atoms with E-state index in [-0.39, 0.29) is 17.9 Å². The molecule has 5 N–H and O–H groups in total. The van der Waals surface area contributed by atoms with Gasteiger partial charge >= 0.3 is 0 Å². The molecule has 0 spiro atoms. The number of rotatable bonds is 14. The first-order valence-electron chi connectivity index (χ1n) is 16.8. The number of halogens is 1. The third kappa shape index (κ3) is 9.73. The molecule has 0 bridgehead atoms. The molecule has 0 unspecified atom stereocenters. The number of unbranched alkanes of at least 4 members (excludes halogenated alkanes) is 1. The van der Waals surface area contributed by atoms with Crippen LogP contribution in [0.1, 0.15) is 69.4 Å². The van der Waals surface area contributed by atoms with Crippen molar-refractivity contribution >= 4 is 38.9 Å². The number of hydrogen-bond acceptors (Lipinski definition) is 8. The maximum Gasteiger partial charge on any atom is 0.219 e. The van der Waals surface area contributed by atoms with Gasteiger partial charge in [0.15, 0.2) is 0 Å². The predicted octanol–water partition coefficient (Wildman–Crippen LogP) is 5.73. The second-order valence-electron chi connectivity index (χ2n) is 12.4. The molecule has 10 heteroatoms. The summed E-state index contributed by atoms with van der Waals surface area (Å²) in [4.78, 5) is 11.4. The molecule has 2 aliphatic rings. The first-order valence-corrected chi connectivity index (χ1v) is 18.0. The number of amides is 1. The van der Waals surface area contributed by atoms with Crippen LogP contribution in [0.5, 0.6) is 0 Å². The number of nitrogens with one attached hydrogen (secondary N) is 3. The Morgan fingerprint density at radius 1 is 1.07 bits per heavy atom. The minimum Gasteiger partial charge on any atom is -0.385 e. The van der Waals surface area contributed by atoms with Crippen LogP contribution in [-0.4, -0.2) is 75.3 Å². The van der Waals surface area contributed by atoms with Crippen molar-refractivity contribution in [2.24, 2.45) is 5.92 Å². The van der Waals surface area contributed by atoms with Crippen LogP contribution in [0.4, 0.5) is 0 Å². The van der Waals surface area contributed by atoms with Gasteiger partial charge in [0.25, 0.3) is 0 Å². The van der Waals surface area contributed by atoms with Crippen LogP contribution in [0, 0.1) is 5.92 Å². The Bertz CT molecular complexity index is 1350. The quantitative estimate of drug-likeness (QED) is 0.139. The molecule has 254 valence electrons. The molecule has 3 heterocycles. The maximum absolute atomic E-state index is 11.6. The van der Waals surface area contributed by atoms with Gasteiger partial charge in [-0.15, -0.1) is 11.3 Å². The average molecular weight is 674 g/mol. The normalized spacial score (nSPS) is 21.1. The zero-order valence-electron chi connectivity index (χ0n) is 27.4. The lowest BCUT2D eigenvalue weighted by Gasteiger charge is -2.39. The number of carbonyl (C=O) groups is 1. The van der Waals surface area contributed by atoms with E-state index in [0.29, 0.717) is 44.0 Å². The lowest BCUT2D eigenvalue weighted by molar-refractivity contribution is -0.129. The van der Waals surface area contributed by atoms with Crippen LogP contribution < -0.4 is 16.0 Å². The Morgan fingerprint density at radius 2 is 1.87 bits per heavy atom. The standard InChI is InChI=1S/C18H27ClN2O2.C18H25NO3S/c1-2-17(22)21-11-5-9-18(23,15-7-4-10-20-13-15)14-6-3-8-16(19)12-14;1-21-10-3-2-8-18(20,16-13-19-9-11-22-16)15-6-4-5-14-7-12-23-17(14)15/h3,6,8,12,15,20,23H,2,4-5,7,9-11,13H2,1H3,(H,21,22);4-7,12,16,19-20H,2-3,8-11,13H2,1H3/t15-,18-;16-,18-/m11/s1. The van der Waals surface area contributed by atoms with Crippen LogP contribution >= 0.6 is 22.9 Å². The summed E-state index contributed by atoms with van der Waals surface area (Å²) in [6.45, 7) is 7.15. The van der Waals surface area contributed by atoms with Crippen LogP contribution in [0.25, 0.3) is 10.1 Å². The van der Waals surface area contributed by atoms with Crippen molar-refractivity contribution in [3.63, 3.8) is 0 Å². The molecule has 1 amide bonds. The predicted molar refractivity (Wildman–Crippen MR) is 188 cm³/mol. The highest BCUT2D eigenvalue weighted by atomic mass is 35.5. The minimum absolute atomic E-state index is 0.0515. The molecule has 2 fully saturated rings. The molecule has 2 aromatic carbocycles. The number of aliphatic hydroxyl groups is 2. The number of fused-ring (bicyclic) bond motifs is 1. The lowest BCUT2D eigenvalue weighted by Crippen LogP contribution is -2.51. The van der Waals surface area contributed by atoms with Gasteiger partial charge in [0.2, 0.25) is 5.91 Å². The second kappa shape index (κ2) is 18.5. The van der Waals surface area contributed by atoms with E-state index in [1.54, 1.807) is 18.4 Å². The molecular formula is C36H52ClN3O5S. The summed E-state index contributed by atoms with van der Waals surface area (Å²) in [7, 11) is 1.72. The summed E-state index contributed by atoms with van der Waals surface area (Å²) in [5.74, 6) is 0.215. The summed E-state index contributed by atoms with van der Waals surface area (Å²) in [6, 6.07) is 15.8. The molecule has 8 nitrogen and oxygen atoms in total. The van der Waals surface area contributed by atoms with Gasteiger partial charge in [0.05, 0.1) is 12.2 Å². The SMILES string of the molecule is CCC(=O)NCCC[C@@](O)(c1cccc(Cl)c1)[C@@H]1CCCNC1.COCCCC[C@@](O)(c1cccc2ccsc12)[C@H]1CNCCO1. The molecule has 4 atom stereocenters. The highest BCUT2D eigenvalue weighted by Gasteiger charge is 2.41. The van der Waals surface area contributed by atoms with Crippen LogP contribution in [-0.2, 0) is 25.5 Å². The summed E-state index contributed by atoms with van der Waals surface area (Å²) >= 11 is 7.82. The molecule has 0 saturated carbocycles. The molecular weight excluding hydrogens is 622 g/mol. The van der Waals surface area contributed by atoms with Crippen LogP contribution in [0.15, 0.2) is 53.9 Å². The molecule has 3 aromatic rings. The smallest absolute Gasteiger partial charge is 0.219 e. The average Bonchev–Trinajstić information content (AvgIpc) is 3.59. The van der Waals surface area contributed by atoms with Gasteiger partial charge < -0.3 is 35.6 Å². The first kappa shape index (κ1) is 36.8. The van der Waals surface area contributed by atoms with Crippen LogP contribution in [0.3, 0.4) is 0 Å². The molecule has 1 aromatic heterocycles. The number of benzene rings is 2. The number of methoxy groups -OCH3 is 1.